The molecule has 1 heterocycles. The molecular weight excluding hydrogens is 294 g/mol. The van der Waals surface area contributed by atoms with Crippen LogP contribution in [0.1, 0.15) is 10.4 Å². The van der Waals surface area contributed by atoms with E-state index < -0.39 is 15.7 Å². The van der Waals surface area contributed by atoms with Crippen LogP contribution in [0.2, 0.25) is 0 Å². The van der Waals surface area contributed by atoms with Crippen LogP contribution in [0.25, 0.3) is 0 Å². The molecule has 0 aromatic heterocycles. The second-order valence-electron chi connectivity index (χ2n) is 5.10. The van der Waals surface area contributed by atoms with E-state index in [4.69, 9.17) is 5.73 Å². The van der Waals surface area contributed by atoms with Crippen molar-refractivity contribution in [2.45, 2.75) is 4.90 Å². The fourth-order valence-corrected chi connectivity index (χ4v) is 2.77. The van der Waals surface area contributed by atoms with Gasteiger partial charge in [0.2, 0.25) is 5.91 Å². The number of nitrogen functional groups attached to an aromatic ring is 1. The Bertz CT molecular complexity index is 699. The van der Waals surface area contributed by atoms with Crippen LogP contribution in [0.5, 0.6) is 0 Å². The molecule has 0 spiro atoms. The van der Waals surface area contributed by atoms with Gasteiger partial charge in [-0.1, -0.05) is 0 Å². The lowest BCUT2D eigenvalue weighted by molar-refractivity contribution is -0.133. The Morgan fingerprint density at radius 2 is 1.90 bits per heavy atom. The number of carbonyl (C=O) groups is 2. The molecule has 2 N–H and O–H groups in total. The standard InChI is InChI=1S/C13H17N3O4S/c1-15-3-4-16(8-12(15)17)13(18)9-5-10(14)7-11(6-9)21(2,19)20/h5-7H,3-4,8,14H2,1-2H3. The second-order valence-corrected chi connectivity index (χ2v) is 7.12. The number of anilines is 1. The highest BCUT2D eigenvalue weighted by Gasteiger charge is 2.26. The van der Waals surface area contributed by atoms with E-state index in [1.165, 1.54) is 23.1 Å². The monoisotopic (exact) mass is 311 g/mol. The van der Waals surface area contributed by atoms with Crippen LogP contribution < -0.4 is 5.73 Å². The Kier molecular flexibility index (Phi) is 3.91. The molecule has 0 radical (unpaired) electrons. The van der Waals surface area contributed by atoms with Gasteiger partial charge in [-0.25, -0.2) is 8.42 Å². The van der Waals surface area contributed by atoms with Gasteiger partial charge in [0, 0.05) is 37.6 Å². The number of rotatable bonds is 2. The highest BCUT2D eigenvalue weighted by molar-refractivity contribution is 7.90. The number of hydrogen-bond donors (Lipinski definition) is 1. The van der Waals surface area contributed by atoms with Gasteiger partial charge in [0.15, 0.2) is 9.84 Å². The molecule has 2 amide bonds. The van der Waals surface area contributed by atoms with E-state index in [2.05, 4.69) is 0 Å². The molecule has 0 unspecified atom stereocenters. The van der Waals surface area contributed by atoms with Crippen molar-refractivity contribution in [3.05, 3.63) is 23.8 Å². The molecule has 1 aliphatic rings. The van der Waals surface area contributed by atoms with Gasteiger partial charge in [0.05, 0.1) is 4.90 Å². The maximum Gasteiger partial charge on any atom is 0.254 e. The van der Waals surface area contributed by atoms with Gasteiger partial charge >= 0.3 is 0 Å². The molecule has 1 fully saturated rings. The average molecular weight is 311 g/mol. The number of hydrogen-bond acceptors (Lipinski definition) is 5. The number of carbonyl (C=O) groups excluding carboxylic acids is 2. The van der Waals surface area contributed by atoms with E-state index in [0.717, 1.165) is 6.26 Å². The number of nitrogens with zero attached hydrogens (tertiary/aromatic N) is 2. The summed E-state index contributed by atoms with van der Waals surface area (Å²) in [6.07, 6.45) is 1.05. The van der Waals surface area contributed by atoms with E-state index >= 15 is 0 Å². The lowest BCUT2D eigenvalue weighted by atomic mass is 10.1. The van der Waals surface area contributed by atoms with Gasteiger partial charge in [-0.3, -0.25) is 9.59 Å². The van der Waals surface area contributed by atoms with Gasteiger partial charge < -0.3 is 15.5 Å². The summed E-state index contributed by atoms with van der Waals surface area (Å²) in [5.41, 5.74) is 6.03. The van der Waals surface area contributed by atoms with Crippen molar-refractivity contribution in [1.82, 2.24) is 9.80 Å². The van der Waals surface area contributed by atoms with Crippen LogP contribution >= 0.6 is 0 Å². The fraction of sp³-hybridized carbons (Fsp3) is 0.385. The minimum atomic E-state index is -3.46. The van der Waals surface area contributed by atoms with Crippen LogP contribution in [0, 0.1) is 0 Å². The Morgan fingerprint density at radius 1 is 1.24 bits per heavy atom. The van der Waals surface area contributed by atoms with E-state index in [0.29, 0.717) is 13.1 Å². The highest BCUT2D eigenvalue weighted by Crippen LogP contribution is 2.19. The molecule has 114 valence electrons. The van der Waals surface area contributed by atoms with Crippen LogP contribution in [0.15, 0.2) is 23.1 Å². The van der Waals surface area contributed by atoms with Crippen molar-refractivity contribution >= 4 is 27.3 Å². The third kappa shape index (κ3) is 3.33. The zero-order valence-electron chi connectivity index (χ0n) is 11.9. The molecule has 1 aromatic rings. The summed E-state index contributed by atoms with van der Waals surface area (Å²) < 4.78 is 23.2. The fourth-order valence-electron chi connectivity index (χ4n) is 2.07. The summed E-state index contributed by atoms with van der Waals surface area (Å²) in [7, 11) is -1.78. The number of benzene rings is 1. The smallest absolute Gasteiger partial charge is 0.254 e. The van der Waals surface area contributed by atoms with Crippen LogP contribution in [0.4, 0.5) is 5.69 Å². The topological polar surface area (TPSA) is 101 Å². The molecule has 8 heteroatoms. The van der Waals surface area contributed by atoms with E-state index in [-0.39, 0.29) is 28.6 Å². The van der Waals surface area contributed by atoms with Crippen molar-refractivity contribution in [2.24, 2.45) is 0 Å². The van der Waals surface area contributed by atoms with Gasteiger partial charge in [-0.2, -0.15) is 0 Å². The van der Waals surface area contributed by atoms with Gasteiger partial charge in [0.1, 0.15) is 6.54 Å². The number of sulfone groups is 1. The van der Waals surface area contributed by atoms with Crippen molar-refractivity contribution in [2.75, 3.05) is 38.7 Å². The lowest BCUT2D eigenvalue weighted by Crippen LogP contribution is -2.50. The lowest BCUT2D eigenvalue weighted by Gasteiger charge is -2.32. The number of likely N-dealkylation sites (N-methyl/N-ethyl adjacent to an activating group) is 1. The van der Waals surface area contributed by atoms with E-state index in [9.17, 15) is 18.0 Å². The molecule has 0 aliphatic carbocycles. The third-order valence-electron chi connectivity index (χ3n) is 3.35. The minimum absolute atomic E-state index is 0.00805. The molecule has 1 saturated heterocycles. The largest absolute Gasteiger partial charge is 0.399 e. The number of nitrogens with two attached hydrogens (primary N) is 1. The highest BCUT2D eigenvalue weighted by atomic mass is 32.2. The van der Waals surface area contributed by atoms with Crippen molar-refractivity contribution in [3.63, 3.8) is 0 Å². The molecular formula is C13H17N3O4S. The van der Waals surface area contributed by atoms with Gasteiger partial charge in [0.25, 0.3) is 5.91 Å². The number of amides is 2. The summed E-state index contributed by atoms with van der Waals surface area (Å²) >= 11 is 0. The number of piperazine rings is 1. The minimum Gasteiger partial charge on any atom is -0.399 e. The average Bonchev–Trinajstić information content (AvgIpc) is 2.39. The summed E-state index contributed by atoms with van der Waals surface area (Å²) in [5.74, 6) is -0.546. The normalized spacial score (nSPS) is 16.2. The summed E-state index contributed by atoms with van der Waals surface area (Å²) in [4.78, 5) is 27.0. The molecule has 0 saturated carbocycles. The summed E-state index contributed by atoms with van der Waals surface area (Å²) in [5, 5.41) is 0. The van der Waals surface area contributed by atoms with E-state index in [1.807, 2.05) is 0 Å². The first-order valence-corrected chi connectivity index (χ1v) is 8.21. The van der Waals surface area contributed by atoms with Crippen molar-refractivity contribution in [3.8, 4) is 0 Å². The molecule has 1 aromatic carbocycles. The molecule has 0 atom stereocenters. The van der Waals surface area contributed by atoms with Crippen molar-refractivity contribution < 1.29 is 18.0 Å². The van der Waals surface area contributed by atoms with Gasteiger partial charge in [-0.15, -0.1) is 0 Å². The first kappa shape index (κ1) is 15.3. The Morgan fingerprint density at radius 3 is 2.48 bits per heavy atom. The van der Waals surface area contributed by atoms with Crippen LogP contribution in [-0.4, -0.2) is 63.0 Å². The van der Waals surface area contributed by atoms with E-state index in [1.54, 1.807) is 11.9 Å². The SMILES string of the molecule is CN1CCN(C(=O)c2cc(N)cc(S(C)(=O)=O)c2)CC1=O. The zero-order valence-corrected chi connectivity index (χ0v) is 12.7. The molecule has 7 nitrogen and oxygen atoms in total. The quantitative estimate of drug-likeness (QED) is 0.748. The first-order valence-electron chi connectivity index (χ1n) is 6.32. The molecule has 0 bridgehead atoms. The predicted molar refractivity (Wildman–Crippen MR) is 77.5 cm³/mol. The molecule has 2 rings (SSSR count). The molecule has 21 heavy (non-hydrogen) atoms. The zero-order chi connectivity index (χ0) is 15.8. The predicted octanol–water partition coefficient (Wildman–Crippen LogP) is -0.413. The summed E-state index contributed by atoms with van der Waals surface area (Å²) in [6, 6.07) is 4.01. The Balaban J connectivity index is 2.32. The maximum atomic E-state index is 12.4. The van der Waals surface area contributed by atoms with Crippen LogP contribution in [-0.2, 0) is 14.6 Å². The first-order chi connectivity index (χ1) is 9.68. The Hall–Kier alpha value is -2.09. The summed E-state index contributed by atoms with van der Waals surface area (Å²) in [6.45, 7) is 0.842. The van der Waals surface area contributed by atoms with Gasteiger partial charge in [-0.05, 0) is 18.2 Å². The van der Waals surface area contributed by atoms with Crippen molar-refractivity contribution in [1.29, 1.82) is 0 Å². The molecule has 1 aliphatic heterocycles. The van der Waals surface area contributed by atoms with Crippen LogP contribution in [0.3, 0.4) is 0 Å². The second kappa shape index (κ2) is 5.36. The maximum absolute atomic E-state index is 12.4. The Labute approximate surface area is 123 Å². The third-order valence-corrected chi connectivity index (χ3v) is 4.44.